The highest BCUT2D eigenvalue weighted by atomic mass is 19.1. The summed E-state index contributed by atoms with van der Waals surface area (Å²) < 4.78 is 34.7. The van der Waals surface area contributed by atoms with Crippen LogP contribution in [-0.4, -0.2) is 22.6 Å². The van der Waals surface area contributed by atoms with Gasteiger partial charge in [0, 0.05) is 18.8 Å². The average Bonchev–Trinajstić information content (AvgIpc) is 2.79. The number of aromatic nitrogens is 1. The number of hydrogen-bond acceptors (Lipinski definition) is 3. The summed E-state index contributed by atoms with van der Waals surface area (Å²) in [5.41, 5.74) is 2.14. The van der Waals surface area contributed by atoms with Gasteiger partial charge in [-0.3, -0.25) is 9.69 Å². The third kappa shape index (κ3) is 6.49. The molecule has 6 heteroatoms. The molecule has 31 heavy (non-hydrogen) atoms. The van der Waals surface area contributed by atoms with Crippen LogP contribution in [0.4, 0.5) is 8.78 Å². The topological polar surface area (TPSA) is 34.5 Å². The maximum atomic E-state index is 14.8. The van der Waals surface area contributed by atoms with Crippen LogP contribution in [0, 0.1) is 5.82 Å². The molecule has 164 valence electrons. The Morgan fingerprint density at radius 2 is 1.61 bits per heavy atom. The molecule has 0 aliphatic heterocycles. The molecule has 0 amide bonds. The van der Waals surface area contributed by atoms with E-state index in [1.165, 1.54) is 29.0 Å². The van der Waals surface area contributed by atoms with E-state index in [1.807, 2.05) is 12.1 Å². The molecule has 0 saturated carbocycles. The van der Waals surface area contributed by atoms with E-state index in [2.05, 4.69) is 18.7 Å². The van der Waals surface area contributed by atoms with E-state index in [9.17, 15) is 13.6 Å². The first kappa shape index (κ1) is 22.7. The van der Waals surface area contributed by atoms with E-state index in [0.717, 1.165) is 30.8 Å². The van der Waals surface area contributed by atoms with Crippen molar-refractivity contribution < 1.29 is 13.5 Å². The fraction of sp³-hybridized carbons (Fsp3) is 0.320. The second-order valence-electron chi connectivity index (χ2n) is 7.44. The first-order chi connectivity index (χ1) is 15.0. The minimum atomic E-state index is -1.29. The molecule has 0 bridgehead atoms. The maximum Gasteiger partial charge on any atom is 0.254 e. The van der Waals surface area contributed by atoms with Gasteiger partial charge in [-0.1, -0.05) is 50.2 Å². The smallest absolute Gasteiger partial charge is 0.254 e. The zero-order chi connectivity index (χ0) is 22.2. The predicted octanol–water partition coefficient (Wildman–Crippen LogP) is 5.12. The Bertz CT molecular complexity index is 1010. The minimum absolute atomic E-state index is 0.0630. The molecule has 0 aliphatic rings. The number of hydrogen-bond donors (Lipinski definition) is 0. The van der Waals surface area contributed by atoms with E-state index in [4.69, 9.17) is 4.74 Å². The maximum absolute atomic E-state index is 14.8. The standard InChI is InChI=1S/C25H28F2N2O2/c1-3-28(4-2)16-19-5-9-21(10-6-19)24(27)17-29-14-13-23(15-25(29)30)31-18-20-7-11-22(26)12-8-20/h5-15,24H,3-4,16-18H2,1-2H3. The molecule has 0 radical (unpaired) electrons. The second kappa shape index (κ2) is 10.9. The van der Waals surface area contributed by atoms with Crippen LogP contribution in [0.25, 0.3) is 0 Å². The summed E-state index contributed by atoms with van der Waals surface area (Å²) in [6.45, 7) is 7.16. The SMILES string of the molecule is CCN(CC)Cc1ccc(C(F)Cn2ccc(OCc3ccc(F)cc3)cc2=O)cc1. The van der Waals surface area contributed by atoms with Gasteiger partial charge in [-0.25, -0.2) is 8.78 Å². The first-order valence-electron chi connectivity index (χ1n) is 10.5. The summed E-state index contributed by atoms with van der Waals surface area (Å²) in [5, 5.41) is 0. The summed E-state index contributed by atoms with van der Waals surface area (Å²) in [5.74, 6) is 0.0763. The molecule has 0 fully saturated rings. The number of alkyl halides is 1. The van der Waals surface area contributed by atoms with Crippen molar-refractivity contribution in [1.29, 1.82) is 0 Å². The molecule has 1 heterocycles. The highest BCUT2D eigenvalue weighted by Gasteiger charge is 2.12. The zero-order valence-corrected chi connectivity index (χ0v) is 17.9. The number of rotatable bonds is 10. The summed E-state index contributed by atoms with van der Waals surface area (Å²) in [6.07, 6.45) is 0.245. The van der Waals surface area contributed by atoms with E-state index in [0.29, 0.717) is 11.3 Å². The Morgan fingerprint density at radius 1 is 0.968 bits per heavy atom. The van der Waals surface area contributed by atoms with Crippen molar-refractivity contribution in [1.82, 2.24) is 9.47 Å². The number of benzene rings is 2. The first-order valence-corrected chi connectivity index (χ1v) is 10.5. The summed E-state index contributed by atoms with van der Waals surface area (Å²) in [6, 6.07) is 16.4. The molecule has 0 spiro atoms. The number of ether oxygens (including phenoxy) is 1. The Labute approximate surface area is 181 Å². The van der Waals surface area contributed by atoms with Crippen LogP contribution in [0.5, 0.6) is 5.75 Å². The Hall–Kier alpha value is -2.99. The van der Waals surface area contributed by atoms with Gasteiger partial charge in [0.25, 0.3) is 5.56 Å². The second-order valence-corrected chi connectivity index (χ2v) is 7.44. The van der Waals surface area contributed by atoms with Gasteiger partial charge in [0.05, 0.1) is 6.54 Å². The monoisotopic (exact) mass is 426 g/mol. The van der Waals surface area contributed by atoms with Gasteiger partial charge in [-0.2, -0.15) is 0 Å². The molecule has 3 aromatic rings. The third-order valence-electron chi connectivity index (χ3n) is 5.29. The van der Waals surface area contributed by atoms with Gasteiger partial charge in [0.1, 0.15) is 24.3 Å². The highest BCUT2D eigenvalue weighted by molar-refractivity contribution is 5.25. The van der Waals surface area contributed by atoms with Gasteiger partial charge in [0.15, 0.2) is 0 Å². The quantitative estimate of drug-likeness (QED) is 0.451. The largest absolute Gasteiger partial charge is 0.489 e. The van der Waals surface area contributed by atoms with Crippen LogP contribution in [0.15, 0.2) is 71.7 Å². The van der Waals surface area contributed by atoms with Crippen LogP contribution in [-0.2, 0) is 19.7 Å². The van der Waals surface area contributed by atoms with Crippen molar-refractivity contribution in [2.75, 3.05) is 13.1 Å². The van der Waals surface area contributed by atoms with Crippen LogP contribution in [0.3, 0.4) is 0 Å². The summed E-state index contributed by atoms with van der Waals surface area (Å²) >= 11 is 0. The van der Waals surface area contributed by atoms with Gasteiger partial charge in [0.2, 0.25) is 0 Å². The molecule has 1 atom stereocenters. The highest BCUT2D eigenvalue weighted by Crippen LogP contribution is 2.21. The van der Waals surface area contributed by atoms with Crippen molar-refractivity contribution in [2.45, 2.75) is 39.7 Å². The van der Waals surface area contributed by atoms with Gasteiger partial charge >= 0.3 is 0 Å². The van der Waals surface area contributed by atoms with Gasteiger partial charge < -0.3 is 9.30 Å². The molecule has 0 N–H and O–H groups in total. The minimum Gasteiger partial charge on any atom is -0.489 e. The van der Waals surface area contributed by atoms with Crippen molar-refractivity contribution in [3.63, 3.8) is 0 Å². The van der Waals surface area contributed by atoms with Gasteiger partial charge in [-0.15, -0.1) is 0 Å². The lowest BCUT2D eigenvalue weighted by Gasteiger charge is -2.18. The van der Waals surface area contributed by atoms with E-state index in [-0.39, 0.29) is 24.5 Å². The molecule has 2 aromatic carbocycles. The fourth-order valence-corrected chi connectivity index (χ4v) is 3.29. The van der Waals surface area contributed by atoms with Gasteiger partial charge in [-0.05, 0) is 48.0 Å². The molecular weight excluding hydrogens is 398 g/mol. The molecule has 0 saturated heterocycles. The molecule has 3 rings (SSSR count). The Balaban J connectivity index is 1.59. The van der Waals surface area contributed by atoms with Crippen LogP contribution in [0.1, 0.15) is 36.7 Å². The number of nitrogens with zero attached hydrogens (tertiary/aromatic N) is 2. The van der Waals surface area contributed by atoms with Crippen molar-refractivity contribution in [3.8, 4) is 5.75 Å². The number of pyridine rings is 1. The van der Waals surface area contributed by atoms with Crippen LogP contribution in [0.2, 0.25) is 0 Å². The van der Waals surface area contributed by atoms with Crippen LogP contribution < -0.4 is 10.3 Å². The van der Waals surface area contributed by atoms with E-state index >= 15 is 0 Å². The number of halogens is 2. The van der Waals surface area contributed by atoms with Crippen molar-refractivity contribution >= 4 is 0 Å². The normalized spacial score (nSPS) is 12.2. The average molecular weight is 427 g/mol. The van der Waals surface area contributed by atoms with Crippen LogP contribution >= 0.6 is 0 Å². The molecule has 0 aliphatic carbocycles. The Kier molecular flexibility index (Phi) is 7.95. The lowest BCUT2D eigenvalue weighted by molar-refractivity contribution is 0.291. The van der Waals surface area contributed by atoms with E-state index in [1.54, 1.807) is 30.3 Å². The lowest BCUT2D eigenvalue weighted by Crippen LogP contribution is -2.22. The predicted molar refractivity (Wildman–Crippen MR) is 118 cm³/mol. The third-order valence-corrected chi connectivity index (χ3v) is 5.29. The fourth-order valence-electron chi connectivity index (χ4n) is 3.29. The van der Waals surface area contributed by atoms with E-state index < -0.39 is 6.17 Å². The summed E-state index contributed by atoms with van der Waals surface area (Å²) in [4.78, 5) is 14.7. The molecule has 1 unspecified atom stereocenters. The van der Waals surface area contributed by atoms with Crippen molar-refractivity contribution in [3.05, 3.63) is 99.7 Å². The zero-order valence-electron chi connectivity index (χ0n) is 17.9. The lowest BCUT2D eigenvalue weighted by atomic mass is 10.1. The molecular formula is C25H28F2N2O2. The van der Waals surface area contributed by atoms with Crippen molar-refractivity contribution in [2.24, 2.45) is 0 Å². The Morgan fingerprint density at radius 3 is 2.23 bits per heavy atom. The summed E-state index contributed by atoms with van der Waals surface area (Å²) in [7, 11) is 0. The molecule has 4 nitrogen and oxygen atoms in total. The molecule has 1 aromatic heterocycles.